The zero-order chi connectivity index (χ0) is 3.58. The van der Waals surface area contributed by atoms with Crippen LogP contribution in [0.3, 0.4) is 0 Å². The van der Waals surface area contributed by atoms with Crippen molar-refractivity contribution in [3.05, 3.63) is 0 Å². The van der Waals surface area contributed by atoms with Crippen molar-refractivity contribution in [2.45, 2.75) is 0 Å². The van der Waals surface area contributed by atoms with Gasteiger partial charge in [-0.2, -0.15) is 0 Å². The molecular weight excluding hydrogens is 419 g/mol. The van der Waals surface area contributed by atoms with Gasteiger partial charge in [-0.05, 0) is 6.16 Å². The maximum absolute atomic E-state index is 8.33. The molecule has 0 bridgehead atoms. The number of hydrogen-bond acceptors (Lipinski definition) is 3. The summed E-state index contributed by atoms with van der Waals surface area (Å²) in [5.74, 6) is 0. The van der Waals surface area contributed by atoms with Gasteiger partial charge in [-0.1, -0.05) is 0 Å². The molecule has 0 fully saturated rings. The second kappa shape index (κ2) is 15.7. The summed E-state index contributed by atoms with van der Waals surface area (Å²) in [7, 11) is 0. The average Bonchev–Trinajstić information content (AvgIpc) is 0.811. The molecule has 6 heteroatoms. The molecule has 0 aliphatic rings. The number of carbonyl (C=O) groups excluding carboxylic acids is 1. The number of carboxylic acid groups (broad SMARTS) is 2. The van der Waals surface area contributed by atoms with Gasteiger partial charge in [0.25, 0.3) is 0 Å². The molecule has 0 amide bonds. The van der Waals surface area contributed by atoms with Crippen LogP contribution in [-0.2, 0) is 0 Å². The third kappa shape index (κ3) is 65.9. The molecule has 0 N–H and O–H groups in total. The first-order valence-corrected chi connectivity index (χ1v) is 0.612. The quantitative estimate of drug-likeness (QED) is 0.367. The van der Waals surface area contributed by atoms with E-state index in [9.17, 15) is 0 Å². The van der Waals surface area contributed by atoms with Crippen molar-refractivity contribution >= 4 is 33.5 Å². The normalized spacial score (nSPS) is 3.43. The minimum atomic E-state index is -2.33. The first kappa shape index (κ1) is 22.9. The molecule has 3 nitrogen and oxygen atoms in total. The molecule has 0 aromatic heterocycles. The Hall–Kier alpha value is 2.17. The van der Waals surface area contributed by atoms with E-state index in [1.165, 1.54) is 0 Å². The van der Waals surface area contributed by atoms with Gasteiger partial charge in [0.05, 0.1) is 0 Å². The summed E-state index contributed by atoms with van der Waals surface area (Å²) in [5, 5.41) is 16.7. The van der Waals surface area contributed by atoms with Gasteiger partial charge in [0.1, 0.15) is 0 Å². The van der Waals surface area contributed by atoms with E-state index in [0.717, 1.165) is 0 Å². The number of rotatable bonds is 0. The van der Waals surface area contributed by atoms with Gasteiger partial charge in [-0.15, -0.1) is 0 Å². The third-order valence-electron chi connectivity index (χ3n) is 0. The molecule has 0 aromatic rings. The molecule has 0 atom stereocenters. The van der Waals surface area contributed by atoms with Crippen molar-refractivity contribution in [3.63, 3.8) is 0 Å². The number of carbonyl (C=O) groups is 1. The summed E-state index contributed by atoms with van der Waals surface area (Å²) in [6.45, 7) is 0. The minimum Gasteiger partial charge on any atom is -1.00 e. The van der Waals surface area contributed by atoms with Gasteiger partial charge in [-0.3, -0.25) is 0 Å². The van der Waals surface area contributed by atoms with Crippen LogP contribution >= 0.6 is 0 Å². The van der Waals surface area contributed by atoms with Crippen LogP contribution in [-0.4, -0.2) is 33.5 Å². The van der Waals surface area contributed by atoms with Crippen LogP contribution in [0.1, 0.15) is 0 Å². The summed E-state index contributed by atoms with van der Waals surface area (Å²) >= 11 is 0. The summed E-state index contributed by atoms with van der Waals surface area (Å²) < 4.78 is 0. The molecule has 0 unspecified atom stereocenters. The Bertz CT molecular complexity index is 37.9. The first-order chi connectivity index (χ1) is 1.73. The van der Waals surface area contributed by atoms with Gasteiger partial charge in [0.15, 0.2) is 0 Å². The standard InChI is InChI=1S/CH2O3.Cs.FH.Pb/c2-1(3)4;;;/h(H2,2,3,4);;1H;/q;+1;;+2/p-3. The molecule has 7 heavy (non-hydrogen) atoms. The Balaban J connectivity index is -0.0000000150. The van der Waals surface area contributed by atoms with E-state index >= 15 is 0 Å². The zero-order valence-corrected chi connectivity index (χ0v) is 13.8. The minimum absolute atomic E-state index is 0. The average molecular weight is 419 g/mol. The summed E-state index contributed by atoms with van der Waals surface area (Å²) in [4.78, 5) is 8.33. The fourth-order valence-electron chi connectivity index (χ4n) is 0. The maximum atomic E-state index is 8.33. The molecule has 0 spiro atoms. The Labute approximate surface area is 119 Å². The van der Waals surface area contributed by atoms with Crippen molar-refractivity contribution in [1.29, 1.82) is 0 Å². The molecule has 0 aliphatic heterocycles. The van der Waals surface area contributed by atoms with Crippen LogP contribution in [0.4, 0.5) is 4.79 Å². The van der Waals surface area contributed by atoms with E-state index in [0.29, 0.717) is 0 Å². The van der Waals surface area contributed by atoms with Gasteiger partial charge in [-0.25, -0.2) is 0 Å². The number of hydrogen-bond donors (Lipinski definition) is 0. The van der Waals surface area contributed by atoms with Crippen LogP contribution in [0.2, 0.25) is 0 Å². The van der Waals surface area contributed by atoms with Crippen molar-refractivity contribution < 1.29 is 88.6 Å². The SMILES string of the molecule is O=C([O-])[O-].[Cs+].[F-].[Pb+2]. The molecule has 0 saturated heterocycles. The molecule has 0 heterocycles. The van der Waals surface area contributed by atoms with Crippen LogP contribution in [0.15, 0.2) is 0 Å². The Kier molecular flexibility index (Phi) is 51.4. The second-order valence-corrected chi connectivity index (χ2v) is 0.250. The van der Waals surface area contributed by atoms with Gasteiger partial charge >= 0.3 is 96.2 Å². The Morgan fingerprint density at radius 1 is 1.29 bits per heavy atom. The van der Waals surface area contributed by atoms with Crippen molar-refractivity contribution in [1.82, 2.24) is 0 Å². The molecule has 0 aromatic carbocycles. The molecular formula is CCsFO3Pb. The largest absolute Gasteiger partial charge is 2.00 e. The van der Waals surface area contributed by atoms with E-state index in [4.69, 9.17) is 15.0 Å². The van der Waals surface area contributed by atoms with E-state index in [-0.39, 0.29) is 101 Å². The first-order valence-electron chi connectivity index (χ1n) is 0.612. The molecule has 0 rings (SSSR count). The zero-order valence-electron chi connectivity index (χ0n) is 3.60. The second-order valence-electron chi connectivity index (χ2n) is 0.250. The summed E-state index contributed by atoms with van der Waals surface area (Å²) in [6.07, 6.45) is -2.33. The van der Waals surface area contributed by atoms with Crippen molar-refractivity contribution in [3.8, 4) is 0 Å². The third-order valence-corrected chi connectivity index (χ3v) is 0. The Morgan fingerprint density at radius 3 is 1.29 bits per heavy atom. The van der Waals surface area contributed by atoms with E-state index < -0.39 is 6.16 Å². The van der Waals surface area contributed by atoms with E-state index in [2.05, 4.69) is 0 Å². The molecule has 0 saturated carbocycles. The van der Waals surface area contributed by atoms with Crippen LogP contribution in [0.25, 0.3) is 0 Å². The van der Waals surface area contributed by atoms with Gasteiger partial charge in [0.2, 0.25) is 0 Å². The van der Waals surface area contributed by atoms with E-state index in [1.807, 2.05) is 0 Å². The molecule has 2 radical (unpaired) electrons. The topological polar surface area (TPSA) is 63.2 Å². The molecule has 34 valence electrons. The summed E-state index contributed by atoms with van der Waals surface area (Å²) in [6, 6.07) is 0. The fraction of sp³-hybridized carbons (Fsp3) is 0. The van der Waals surface area contributed by atoms with Crippen molar-refractivity contribution in [2.24, 2.45) is 0 Å². The molecule has 0 aliphatic carbocycles. The summed E-state index contributed by atoms with van der Waals surface area (Å²) in [5.41, 5.74) is 0. The van der Waals surface area contributed by atoms with Crippen LogP contribution < -0.4 is 83.8 Å². The predicted molar refractivity (Wildman–Crippen MR) is 11.1 cm³/mol. The van der Waals surface area contributed by atoms with E-state index in [1.54, 1.807) is 0 Å². The fourth-order valence-corrected chi connectivity index (χ4v) is 0. The Morgan fingerprint density at radius 2 is 1.29 bits per heavy atom. The number of halogens is 1. The van der Waals surface area contributed by atoms with Crippen molar-refractivity contribution in [2.75, 3.05) is 0 Å². The van der Waals surface area contributed by atoms with Gasteiger partial charge < -0.3 is 19.7 Å². The predicted octanol–water partition coefficient (Wildman–Crippen LogP) is -8.82. The van der Waals surface area contributed by atoms with Gasteiger partial charge in [0, 0.05) is 0 Å². The maximum Gasteiger partial charge on any atom is 2.00 e. The van der Waals surface area contributed by atoms with Crippen LogP contribution in [0.5, 0.6) is 0 Å². The van der Waals surface area contributed by atoms with Crippen LogP contribution in [0, 0.1) is 0 Å². The monoisotopic (exact) mass is 420 g/mol. The smallest absolute Gasteiger partial charge is 1.00 e.